The van der Waals surface area contributed by atoms with Gasteiger partial charge in [-0.3, -0.25) is 4.57 Å². The number of halogens is 4. The fourth-order valence-corrected chi connectivity index (χ4v) is 2.96. The number of rotatable bonds is 3. The number of pyridine rings is 1. The van der Waals surface area contributed by atoms with E-state index in [1.807, 2.05) is 0 Å². The standard InChI is InChI=1S/C16H11BrClF2N3O/c1-8-15(14-11(19)5-10(24-2)6-12(14)20)23(16(18)22-8)9-3-4-13(17)21-7-9/h3-7H,1-2H3. The topological polar surface area (TPSA) is 39.9 Å². The van der Waals surface area contributed by atoms with Gasteiger partial charge in [-0.15, -0.1) is 0 Å². The summed E-state index contributed by atoms with van der Waals surface area (Å²) in [6.07, 6.45) is 1.53. The molecule has 0 atom stereocenters. The maximum absolute atomic E-state index is 14.5. The normalized spacial score (nSPS) is 10.9. The van der Waals surface area contributed by atoms with E-state index in [-0.39, 0.29) is 22.3 Å². The molecule has 0 bridgehead atoms. The molecule has 0 aliphatic rings. The number of hydrogen-bond acceptors (Lipinski definition) is 3. The van der Waals surface area contributed by atoms with Crippen LogP contribution in [-0.2, 0) is 0 Å². The van der Waals surface area contributed by atoms with Gasteiger partial charge < -0.3 is 4.74 Å². The molecule has 2 heterocycles. The second-order valence-electron chi connectivity index (χ2n) is 4.96. The molecule has 0 fully saturated rings. The number of aromatic nitrogens is 3. The summed E-state index contributed by atoms with van der Waals surface area (Å²) < 4.78 is 36.0. The highest BCUT2D eigenvalue weighted by atomic mass is 79.9. The van der Waals surface area contributed by atoms with Crippen LogP contribution in [0.15, 0.2) is 35.1 Å². The number of aryl methyl sites for hydroxylation is 1. The molecule has 2 aromatic heterocycles. The largest absolute Gasteiger partial charge is 0.497 e. The van der Waals surface area contributed by atoms with Crippen molar-refractivity contribution in [1.82, 2.24) is 14.5 Å². The second-order valence-corrected chi connectivity index (χ2v) is 6.11. The summed E-state index contributed by atoms with van der Waals surface area (Å²) in [5, 5.41) is 0.0845. The average molecular weight is 415 g/mol. The van der Waals surface area contributed by atoms with Gasteiger partial charge in [0, 0.05) is 12.1 Å². The van der Waals surface area contributed by atoms with E-state index < -0.39 is 11.6 Å². The smallest absolute Gasteiger partial charge is 0.208 e. The predicted molar refractivity (Wildman–Crippen MR) is 90.7 cm³/mol. The van der Waals surface area contributed by atoms with Gasteiger partial charge in [0.25, 0.3) is 0 Å². The van der Waals surface area contributed by atoms with Crippen LogP contribution >= 0.6 is 27.5 Å². The quantitative estimate of drug-likeness (QED) is 0.570. The number of hydrogen-bond donors (Lipinski definition) is 0. The maximum Gasteiger partial charge on any atom is 0.208 e. The Balaban J connectivity index is 2.28. The van der Waals surface area contributed by atoms with Crippen LogP contribution in [0.3, 0.4) is 0 Å². The molecule has 124 valence electrons. The van der Waals surface area contributed by atoms with Gasteiger partial charge in [0.15, 0.2) is 0 Å². The van der Waals surface area contributed by atoms with Crippen molar-refractivity contribution < 1.29 is 13.5 Å². The van der Waals surface area contributed by atoms with Gasteiger partial charge in [0.05, 0.1) is 35.9 Å². The van der Waals surface area contributed by atoms with Crippen molar-refractivity contribution in [2.24, 2.45) is 0 Å². The number of methoxy groups -OCH3 is 1. The lowest BCUT2D eigenvalue weighted by Crippen LogP contribution is -2.02. The van der Waals surface area contributed by atoms with Crippen molar-refractivity contribution in [3.8, 4) is 22.7 Å². The molecule has 0 aliphatic carbocycles. The Morgan fingerprint density at radius 2 is 1.88 bits per heavy atom. The molecule has 1 aromatic carbocycles. The van der Waals surface area contributed by atoms with Crippen LogP contribution in [0.1, 0.15) is 5.69 Å². The molecule has 0 radical (unpaired) electrons. The lowest BCUT2D eigenvalue weighted by Gasteiger charge is -2.13. The van der Waals surface area contributed by atoms with Crippen molar-refractivity contribution in [3.05, 3.63) is 57.7 Å². The minimum Gasteiger partial charge on any atom is -0.497 e. The average Bonchev–Trinajstić information content (AvgIpc) is 2.82. The maximum atomic E-state index is 14.5. The molecule has 0 saturated carbocycles. The minimum absolute atomic E-state index is 0.0845. The predicted octanol–water partition coefficient (Wildman–Crippen LogP) is 4.95. The Morgan fingerprint density at radius 1 is 1.21 bits per heavy atom. The number of nitrogens with zero attached hydrogens (tertiary/aromatic N) is 3. The van der Waals surface area contributed by atoms with E-state index in [4.69, 9.17) is 16.3 Å². The Bertz CT molecular complexity index is 889. The van der Waals surface area contributed by atoms with Gasteiger partial charge in [0.1, 0.15) is 22.0 Å². The van der Waals surface area contributed by atoms with E-state index in [0.717, 1.165) is 12.1 Å². The van der Waals surface area contributed by atoms with Gasteiger partial charge in [-0.05, 0) is 46.6 Å². The highest BCUT2D eigenvalue weighted by Crippen LogP contribution is 2.35. The van der Waals surface area contributed by atoms with Gasteiger partial charge in [-0.1, -0.05) is 0 Å². The summed E-state index contributed by atoms with van der Waals surface area (Å²) >= 11 is 9.42. The second kappa shape index (κ2) is 6.49. The summed E-state index contributed by atoms with van der Waals surface area (Å²) in [6, 6.07) is 5.64. The minimum atomic E-state index is -0.766. The third kappa shape index (κ3) is 2.89. The van der Waals surface area contributed by atoms with Crippen molar-refractivity contribution in [2.45, 2.75) is 6.92 Å². The SMILES string of the molecule is COc1cc(F)c(-c2c(C)nc(Cl)n2-c2ccc(Br)nc2)c(F)c1. The van der Waals surface area contributed by atoms with Crippen molar-refractivity contribution in [3.63, 3.8) is 0 Å². The summed E-state index contributed by atoms with van der Waals surface area (Å²) in [7, 11) is 1.34. The molecule has 4 nitrogen and oxygen atoms in total. The van der Waals surface area contributed by atoms with Crippen molar-refractivity contribution >= 4 is 27.5 Å². The number of benzene rings is 1. The molecule has 0 aliphatic heterocycles. The van der Waals surface area contributed by atoms with Crippen LogP contribution in [0.4, 0.5) is 8.78 Å². The molecule has 0 saturated heterocycles. The van der Waals surface area contributed by atoms with Gasteiger partial charge in [0.2, 0.25) is 5.28 Å². The Kier molecular flexibility index (Phi) is 4.56. The van der Waals surface area contributed by atoms with Crippen molar-refractivity contribution in [1.29, 1.82) is 0 Å². The zero-order valence-corrected chi connectivity index (χ0v) is 15.0. The molecular weight excluding hydrogens is 404 g/mol. The van der Waals surface area contributed by atoms with E-state index in [9.17, 15) is 8.78 Å². The number of imidazole rings is 1. The molecule has 24 heavy (non-hydrogen) atoms. The van der Waals surface area contributed by atoms with E-state index in [1.54, 1.807) is 19.1 Å². The Hall–Kier alpha value is -1.99. The zero-order valence-electron chi connectivity index (χ0n) is 12.6. The summed E-state index contributed by atoms with van der Waals surface area (Å²) in [5.41, 5.74) is 0.927. The van der Waals surface area contributed by atoms with Crippen LogP contribution < -0.4 is 4.74 Å². The molecule has 0 spiro atoms. The summed E-state index contributed by atoms with van der Waals surface area (Å²) in [5.74, 6) is -1.44. The lowest BCUT2D eigenvalue weighted by atomic mass is 10.1. The fourth-order valence-electron chi connectivity index (χ4n) is 2.42. The van der Waals surface area contributed by atoms with Gasteiger partial charge in [-0.2, -0.15) is 0 Å². The van der Waals surface area contributed by atoms with Crippen molar-refractivity contribution in [2.75, 3.05) is 7.11 Å². The van der Waals surface area contributed by atoms with E-state index in [0.29, 0.717) is 16.0 Å². The first-order chi connectivity index (χ1) is 11.4. The molecule has 0 amide bonds. The monoisotopic (exact) mass is 413 g/mol. The fraction of sp³-hybridized carbons (Fsp3) is 0.125. The number of ether oxygens (including phenoxy) is 1. The first-order valence-electron chi connectivity index (χ1n) is 6.82. The van der Waals surface area contributed by atoms with E-state index in [2.05, 4.69) is 25.9 Å². The summed E-state index contributed by atoms with van der Waals surface area (Å²) in [6.45, 7) is 1.63. The lowest BCUT2D eigenvalue weighted by molar-refractivity contribution is 0.407. The Labute approximate surface area is 150 Å². The van der Waals surface area contributed by atoms with E-state index >= 15 is 0 Å². The van der Waals surface area contributed by atoms with Crippen LogP contribution in [0, 0.1) is 18.6 Å². The van der Waals surface area contributed by atoms with Gasteiger partial charge >= 0.3 is 0 Å². The highest BCUT2D eigenvalue weighted by molar-refractivity contribution is 9.10. The molecule has 0 N–H and O–H groups in total. The zero-order chi connectivity index (χ0) is 17.4. The molecule has 3 rings (SSSR count). The summed E-state index contributed by atoms with van der Waals surface area (Å²) in [4.78, 5) is 8.25. The third-order valence-corrected chi connectivity index (χ3v) is 4.19. The first-order valence-corrected chi connectivity index (χ1v) is 7.99. The third-order valence-electron chi connectivity index (χ3n) is 3.47. The highest BCUT2D eigenvalue weighted by Gasteiger charge is 2.23. The van der Waals surface area contributed by atoms with Crippen LogP contribution in [0.5, 0.6) is 5.75 Å². The van der Waals surface area contributed by atoms with Crippen LogP contribution in [0.2, 0.25) is 5.28 Å². The van der Waals surface area contributed by atoms with E-state index in [1.165, 1.54) is 17.9 Å². The van der Waals surface area contributed by atoms with Crippen LogP contribution in [0.25, 0.3) is 16.9 Å². The molecule has 3 aromatic rings. The van der Waals surface area contributed by atoms with Gasteiger partial charge in [-0.25, -0.2) is 18.7 Å². The molecule has 0 unspecified atom stereocenters. The van der Waals surface area contributed by atoms with Crippen LogP contribution in [-0.4, -0.2) is 21.6 Å². The molecular formula is C16H11BrClF2N3O. The molecule has 8 heteroatoms. The Morgan fingerprint density at radius 3 is 2.42 bits per heavy atom. The first kappa shape index (κ1) is 16.9.